The maximum absolute atomic E-state index is 5.45. The van der Waals surface area contributed by atoms with Crippen LogP contribution < -0.4 is 5.32 Å². The summed E-state index contributed by atoms with van der Waals surface area (Å²) in [7, 11) is 0. The van der Waals surface area contributed by atoms with Crippen LogP contribution in [-0.2, 0) is 11.3 Å². The molecule has 0 spiro atoms. The molecule has 1 aromatic heterocycles. The minimum absolute atomic E-state index is 0.804. The predicted molar refractivity (Wildman–Crippen MR) is 65.6 cm³/mol. The lowest BCUT2D eigenvalue weighted by atomic mass is 10.4. The van der Waals surface area contributed by atoms with Crippen LogP contribution in [0.4, 0.5) is 0 Å². The van der Waals surface area contributed by atoms with Gasteiger partial charge in [-0.3, -0.25) is 4.68 Å². The monoisotopic (exact) mass is 225 g/mol. The van der Waals surface area contributed by atoms with Gasteiger partial charge in [0, 0.05) is 25.9 Å². The van der Waals surface area contributed by atoms with E-state index in [-0.39, 0.29) is 0 Å². The highest BCUT2D eigenvalue weighted by atomic mass is 16.5. The number of nitrogens with one attached hydrogen (secondary N) is 1. The van der Waals surface area contributed by atoms with Gasteiger partial charge in [-0.25, -0.2) is 0 Å². The zero-order valence-electron chi connectivity index (χ0n) is 10.4. The molecule has 0 aliphatic heterocycles. The van der Waals surface area contributed by atoms with Crippen LogP contribution in [-0.4, -0.2) is 36.1 Å². The quantitative estimate of drug-likeness (QED) is 0.649. The second-order valence-electron chi connectivity index (χ2n) is 3.94. The first-order chi connectivity index (χ1) is 7.83. The number of ether oxygens (including phenoxy) is 1. The van der Waals surface area contributed by atoms with Crippen LogP contribution >= 0.6 is 0 Å². The third-order valence-electron chi connectivity index (χ3n) is 2.36. The summed E-state index contributed by atoms with van der Waals surface area (Å²) < 4.78 is 7.40. The van der Waals surface area contributed by atoms with Gasteiger partial charge in [0.1, 0.15) is 0 Å². The third-order valence-corrected chi connectivity index (χ3v) is 2.36. The summed E-state index contributed by atoms with van der Waals surface area (Å²) in [5.74, 6) is 0. The third kappa shape index (κ3) is 5.88. The molecule has 0 bridgehead atoms. The van der Waals surface area contributed by atoms with Crippen molar-refractivity contribution in [2.45, 2.75) is 33.2 Å². The Labute approximate surface area is 98.0 Å². The Morgan fingerprint density at radius 3 is 2.94 bits per heavy atom. The molecule has 16 heavy (non-hydrogen) atoms. The molecule has 0 fully saturated rings. The molecule has 1 heterocycles. The Balaban J connectivity index is 1.88. The predicted octanol–water partition coefficient (Wildman–Crippen LogP) is 1.60. The van der Waals surface area contributed by atoms with Crippen LogP contribution in [0.1, 0.15) is 25.5 Å². The fourth-order valence-electron chi connectivity index (χ4n) is 1.40. The molecule has 0 saturated heterocycles. The Morgan fingerprint density at radius 1 is 1.38 bits per heavy atom. The summed E-state index contributed by atoms with van der Waals surface area (Å²) in [6.07, 6.45) is 4.37. The number of unbranched alkanes of at least 4 members (excludes halogenated alkanes) is 1. The van der Waals surface area contributed by atoms with Crippen LogP contribution in [0.15, 0.2) is 12.3 Å². The highest BCUT2D eigenvalue weighted by Crippen LogP contribution is 1.91. The lowest BCUT2D eigenvalue weighted by molar-refractivity contribution is 0.133. The minimum atomic E-state index is 0.804. The smallest absolute Gasteiger partial charge is 0.0593 e. The first-order valence-electron chi connectivity index (χ1n) is 6.11. The van der Waals surface area contributed by atoms with Crippen LogP contribution in [0.3, 0.4) is 0 Å². The van der Waals surface area contributed by atoms with Crippen molar-refractivity contribution in [1.82, 2.24) is 15.1 Å². The molecule has 0 aliphatic carbocycles. The SMILES string of the molecule is CCCCOCCNCCn1ccc(C)n1. The Bertz CT molecular complexity index is 273. The average molecular weight is 225 g/mol. The van der Waals surface area contributed by atoms with Gasteiger partial charge in [0.25, 0.3) is 0 Å². The zero-order valence-corrected chi connectivity index (χ0v) is 10.4. The van der Waals surface area contributed by atoms with Crippen LogP contribution in [0.25, 0.3) is 0 Å². The van der Waals surface area contributed by atoms with Crippen molar-refractivity contribution in [3.63, 3.8) is 0 Å². The maximum atomic E-state index is 5.45. The van der Waals surface area contributed by atoms with E-state index < -0.39 is 0 Å². The molecule has 92 valence electrons. The van der Waals surface area contributed by atoms with Crippen molar-refractivity contribution in [3.05, 3.63) is 18.0 Å². The van der Waals surface area contributed by atoms with Crippen LogP contribution in [0, 0.1) is 6.92 Å². The zero-order chi connectivity index (χ0) is 11.6. The number of aryl methyl sites for hydroxylation is 1. The van der Waals surface area contributed by atoms with Crippen LogP contribution in [0.2, 0.25) is 0 Å². The van der Waals surface area contributed by atoms with Crippen molar-refractivity contribution in [2.75, 3.05) is 26.3 Å². The summed E-state index contributed by atoms with van der Waals surface area (Å²) in [5.41, 5.74) is 1.07. The second-order valence-corrected chi connectivity index (χ2v) is 3.94. The van der Waals surface area contributed by atoms with E-state index in [9.17, 15) is 0 Å². The van der Waals surface area contributed by atoms with E-state index in [0.717, 1.165) is 45.0 Å². The molecular weight excluding hydrogens is 202 g/mol. The molecule has 1 N–H and O–H groups in total. The van der Waals surface area contributed by atoms with E-state index in [1.807, 2.05) is 23.9 Å². The standard InChI is InChI=1S/C12H23N3O/c1-3-4-10-16-11-7-13-6-9-15-8-5-12(2)14-15/h5,8,13H,3-4,6-7,9-11H2,1-2H3. The van der Waals surface area contributed by atoms with Gasteiger partial charge >= 0.3 is 0 Å². The summed E-state index contributed by atoms with van der Waals surface area (Å²) in [5, 5.41) is 7.65. The molecule has 1 aromatic rings. The highest BCUT2D eigenvalue weighted by molar-refractivity contribution is 4.94. The van der Waals surface area contributed by atoms with Gasteiger partial charge in [0.2, 0.25) is 0 Å². The average Bonchev–Trinajstić information content (AvgIpc) is 2.68. The van der Waals surface area contributed by atoms with E-state index in [4.69, 9.17) is 4.74 Å². The minimum Gasteiger partial charge on any atom is -0.380 e. The van der Waals surface area contributed by atoms with Gasteiger partial charge in [-0.05, 0) is 19.4 Å². The van der Waals surface area contributed by atoms with E-state index in [0.29, 0.717) is 0 Å². The lowest BCUT2D eigenvalue weighted by Gasteiger charge is -2.05. The molecule has 0 atom stereocenters. The van der Waals surface area contributed by atoms with Crippen molar-refractivity contribution < 1.29 is 4.74 Å². The van der Waals surface area contributed by atoms with Gasteiger partial charge in [-0.15, -0.1) is 0 Å². The maximum Gasteiger partial charge on any atom is 0.0593 e. The molecule has 4 heteroatoms. The van der Waals surface area contributed by atoms with E-state index >= 15 is 0 Å². The molecule has 0 radical (unpaired) electrons. The van der Waals surface area contributed by atoms with Crippen molar-refractivity contribution >= 4 is 0 Å². The molecule has 0 aromatic carbocycles. The highest BCUT2D eigenvalue weighted by Gasteiger charge is 1.93. The number of hydrogen-bond donors (Lipinski definition) is 1. The van der Waals surface area contributed by atoms with Crippen LogP contribution in [0.5, 0.6) is 0 Å². The first kappa shape index (κ1) is 13.2. The van der Waals surface area contributed by atoms with Gasteiger partial charge in [0.15, 0.2) is 0 Å². The fourth-order valence-corrected chi connectivity index (χ4v) is 1.40. The van der Waals surface area contributed by atoms with Gasteiger partial charge < -0.3 is 10.1 Å². The molecule has 0 aliphatic rings. The number of hydrogen-bond acceptors (Lipinski definition) is 3. The topological polar surface area (TPSA) is 39.1 Å². The normalized spacial score (nSPS) is 10.9. The lowest BCUT2D eigenvalue weighted by Crippen LogP contribution is -2.24. The summed E-state index contributed by atoms with van der Waals surface area (Å²) in [6.45, 7) is 8.65. The van der Waals surface area contributed by atoms with E-state index in [1.165, 1.54) is 6.42 Å². The fraction of sp³-hybridized carbons (Fsp3) is 0.750. The molecule has 0 amide bonds. The van der Waals surface area contributed by atoms with Gasteiger partial charge in [-0.1, -0.05) is 13.3 Å². The van der Waals surface area contributed by atoms with Crippen molar-refractivity contribution in [2.24, 2.45) is 0 Å². The Hall–Kier alpha value is -0.870. The Kier molecular flexibility index (Phi) is 6.85. The summed E-state index contributed by atoms with van der Waals surface area (Å²) in [6, 6.07) is 2.02. The largest absolute Gasteiger partial charge is 0.380 e. The summed E-state index contributed by atoms with van der Waals surface area (Å²) >= 11 is 0. The molecule has 4 nitrogen and oxygen atoms in total. The molecule has 0 unspecified atom stereocenters. The number of aromatic nitrogens is 2. The molecule has 1 rings (SSSR count). The summed E-state index contributed by atoms with van der Waals surface area (Å²) in [4.78, 5) is 0. The number of rotatable bonds is 9. The van der Waals surface area contributed by atoms with Gasteiger partial charge in [-0.2, -0.15) is 5.10 Å². The van der Waals surface area contributed by atoms with Gasteiger partial charge in [0.05, 0.1) is 18.8 Å². The Morgan fingerprint density at radius 2 is 2.25 bits per heavy atom. The second kappa shape index (κ2) is 8.30. The van der Waals surface area contributed by atoms with E-state index in [1.54, 1.807) is 0 Å². The molecule has 0 saturated carbocycles. The molecular formula is C12H23N3O. The first-order valence-corrected chi connectivity index (χ1v) is 6.11. The van der Waals surface area contributed by atoms with Crippen molar-refractivity contribution in [1.29, 1.82) is 0 Å². The van der Waals surface area contributed by atoms with Crippen molar-refractivity contribution in [3.8, 4) is 0 Å². The number of nitrogens with zero attached hydrogens (tertiary/aromatic N) is 2. The van der Waals surface area contributed by atoms with E-state index in [2.05, 4.69) is 17.3 Å².